The van der Waals surface area contributed by atoms with Crippen molar-refractivity contribution in [3.8, 4) is 0 Å². The van der Waals surface area contributed by atoms with Gasteiger partial charge in [-0.1, -0.05) is 118 Å². The van der Waals surface area contributed by atoms with Gasteiger partial charge in [-0.25, -0.2) is 18.2 Å². The predicted molar refractivity (Wildman–Crippen MR) is 174 cm³/mol. The molecule has 230 valence electrons. The van der Waals surface area contributed by atoms with Gasteiger partial charge in [0.25, 0.3) is 0 Å². The highest BCUT2D eigenvalue weighted by Crippen LogP contribution is 2.49. The van der Waals surface area contributed by atoms with Gasteiger partial charge >= 0.3 is 5.97 Å². The predicted octanol–water partition coefficient (Wildman–Crippen LogP) is 7.26. The smallest absolute Gasteiger partial charge is 0.339 e. The Balaban J connectivity index is 1.40. The number of aliphatic hydroxyl groups excluding tert-OH is 1. The van der Waals surface area contributed by atoms with Crippen molar-refractivity contribution in [2.24, 2.45) is 5.41 Å². The topological polar surface area (TPSA) is 109 Å². The van der Waals surface area contributed by atoms with Crippen molar-refractivity contribution in [3.63, 3.8) is 0 Å². The van der Waals surface area contributed by atoms with Crippen molar-refractivity contribution in [1.29, 1.82) is 0 Å². The van der Waals surface area contributed by atoms with Crippen LogP contribution in [-0.4, -0.2) is 35.1 Å². The van der Waals surface area contributed by atoms with E-state index in [1.54, 1.807) is 30.3 Å². The third kappa shape index (κ3) is 6.15. The number of esters is 1. The summed E-state index contributed by atoms with van der Waals surface area (Å²) < 4.78 is 33.1. The molecular weight excluding hydrogens is 584 g/mol. The largest absolute Gasteiger partial charge is 0.507 e. The molecule has 0 fully saturated rings. The molecular formula is C37H36N2O5S. The number of cyclic esters (lactones) is 1. The molecule has 2 heterocycles. The highest BCUT2D eigenvalue weighted by molar-refractivity contribution is 7.90. The van der Waals surface area contributed by atoms with Crippen LogP contribution in [0.15, 0.2) is 126 Å². The Morgan fingerprint density at radius 1 is 0.822 bits per heavy atom. The summed E-state index contributed by atoms with van der Waals surface area (Å²) in [6, 6.07) is 33.8. The molecule has 6 rings (SSSR count). The van der Waals surface area contributed by atoms with Crippen LogP contribution in [0.5, 0.6) is 0 Å². The summed E-state index contributed by atoms with van der Waals surface area (Å²) >= 11 is 0. The van der Waals surface area contributed by atoms with Crippen LogP contribution in [0.3, 0.4) is 0 Å². The number of fused-ring (bicyclic) bond motifs is 1. The second-order valence-corrected chi connectivity index (χ2v) is 14.7. The number of imidazole rings is 1. The molecule has 0 spiro atoms. The molecule has 0 aliphatic carbocycles. The molecule has 0 radical (unpaired) electrons. The van der Waals surface area contributed by atoms with Crippen molar-refractivity contribution in [1.82, 2.24) is 9.97 Å². The van der Waals surface area contributed by atoms with Crippen LogP contribution in [0.25, 0.3) is 11.0 Å². The Kier molecular flexibility index (Phi) is 7.87. The number of nitrogens with zero attached hydrogens (tertiary/aromatic N) is 1. The first kappa shape index (κ1) is 30.3. The van der Waals surface area contributed by atoms with Gasteiger partial charge < -0.3 is 14.8 Å². The molecule has 1 aliphatic rings. The van der Waals surface area contributed by atoms with Crippen LogP contribution < -0.4 is 0 Å². The lowest BCUT2D eigenvalue weighted by Crippen LogP contribution is -2.37. The molecule has 7 nitrogen and oxygen atoms in total. The summed E-state index contributed by atoms with van der Waals surface area (Å²) in [4.78, 5) is 21.1. The molecule has 1 unspecified atom stereocenters. The maximum atomic E-state index is 13.9. The number of carbonyl (C=O) groups excluding carboxylic acids is 1. The van der Waals surface area contributed by atoms with E-state index in [9.17, 15) is 18.3 Å². The zero-order chi connectivity index (χ0) is 31.8. The Morgan fingerprint density at radius 2 is 1.40 bits per heavy atom. The van der Waals surface area contributed by atoms with E-state index in [0.29, 0.717) is 35.0 Å². The van der Waals surface area contributed by atoms with Gasteiger partial charge in [-0.3, -0.25) is 0 Å². The van der Waals surface area contributed by atoms with Crippen molar-refractivity contribution in [3.05, 3.63) is 143 Å². The second kappa shape index (κ2) is 11.7. The number of para-hydroxylation sites is 2. The zero-order valence-electron chi connectivity index (χ0n) is 25.5. The maximum absolute atomic E-state index is 13.9. The number of hydrogen-bond acceptors (Lipinski definition) is 6. The van der Waals surface area contributed by atoms with Crippen LogP contribution >= 0.6 is 0 Å². The third-order valence-corrected chi connectivity index (χ3v) is 9.81. The number of carbonyl (C=O) groups is 1. The molecule has 4 aromatic carbocycles. The summed E-state index contributed by atoms with van der Waals surface area (Å²) in [7, 11) is -3.80. The standard InChI is InChI=1S/C37H36N2O5S/c1-36(2,3)32(28-18-12-17-27(21-28)24-45(42,43)35-38-29-19-10-11-20-30(29)39-35)31-33(40)37(44-34(31)41,22-25-13-6-4-7-14-25)23-26-15-8-5-9-16-26/h4-21,32,40H,22-24H2,1-3H3,(H,38,39). The minimum absolute atomic E-state index is 0.0829. The molecule has 8 heteroatoms. The number of ether oxygens (including phenoxy) is 1. The number of benzene rings is 4. The van der Waals surface area contributed by atoms with Gasteiger partial charge in [-0.05, 0) is 39.8 Å². The molecule has 0 amide bonds. The van der Waals surface area contributed by atoms with Gasteiger partial charge in [0.05, 0.1) is 22.4 Å². The fourth-order valence-electron chi connectivity index (χ4n) is 6.36. The van der Waals surface area contributed by atoms with Crippen molar-refractivity contribution >= 4 is 26.8 Å². The minimum Gasteiger partial charge on any atom is -0.507 e. The van der Waals surface area contributed by atoms with Gasteiger partial charge in [0.2, 0.25) is 15.0 Å². The third-order valence-electron chi connectivity index (χ3n) is 8.32. The van der Waals surface area contributed by atoms with Crippen molar-refractivity contribution in [2.75, 3.05) is 0 Å². The van der Waals surface area contributed by atoms with Gasteiger partial charge in [0.15, 0.2) is 5.60 Å². The fourth-order valence-corrected chi connectivity index (χ4v) is 7.62. The summed E-state index contributed by atoms with van der Waals surface area (Å²) in [5, 5.41) is 12.0. The van der Waals surface area contributed by atoms with E-state index in [0.717, 1.165) is 11.1 Å². The molecule has 1 aromatic heterocycles. The maximum Gasteiger partial charge on any atom is 0.339 e. The number of hydrogen-bond donors (Lipinski definition) is 2. The van der Waals surface area contributed by atoms with Crippen LogP contribution in [0.2, 0.25) is 0 Å². The van der Waals surface area contributed by atoms with Crippen LogP contribution in [0.4, 0.5) is 0 Å². The quantitative estimate of drug-likeness (QED) is 0.168. The molecule has 1 atom stereocenters. The summed E-state index contributed by atoms with van der Waals surface area (Å²) in [5.74, 6) is -1.51. The number of sulfone groups is 1. The van der Waals surface area contributed by atoms with E-state index in [1.165, 1.54) is 0 Å². The lowest BCUT2D eigenvalue weighted by atomic mass is 9.71. The number of aliphatic hydroxyl groups is 1. The first-order valence-corrected chi connectivity index (χ1v) is 16.6. The van der Waals surface area contributed by atoms with E-state index in [4.69, 9.17) is 4.74 Å². The molecule has 0 saturated carbocycles. The Labute approximate surface area is 263 Å². The fraction of sp³-hybridized carbons (Fsp3) is 0.243. The van der Waals surface area contributed by atoms with E-state index in [2.05, 4.69) is 9.97 Å². The summed E-state index contributed by atoms with van der Waals surface area (Å²) in [5.41, 5.74) is 2.73. The number of aromatic amines is 1. The number of rotatable bonds is 9. The average Bonchev–Trinajstić information content (AvgIpc) is 3.54. The average molecular weight is 621 g/mol. The first-order chi connectivity index (χ1) is 21.5. The molecule has 5 aromatic rings. The molecule has 1 aliphatic heterocycles. The Morgan fingerprint density at radius 3 is 2.00 bits per heavy atom. The van der Waals surface area contributed by atoms with Gasteiger partial charge in [-0.15, -0.1) is 0 Å². The highest BCUT2D eigenvalue weighted by atomic mass is 32.2. The zero-order valence-corrected chi connectivity index (χ0v) is 26.3. The SMILES string of the molecule is CC(C)(C)C(C1=C(O)C(Cc2ccccc2)(Cc2ccccc2)OC1=O)c1cccc(CS(=O)(=O)c2nc3ccccc3[nH]2)c1. The first-order valence-electron chi connectivity index (χ1n) is 15.0. The van der Waals surface area contributed by atoms with E-state index < -0.39 is 32.7 Å². The van der Waals surface area contributed by atoms with Crippen LogP contribution in [0, 0.1) is 5.41 Å². The Hall–Kier alpha value is -4.69. The Bertz CT molecular complexity index is 1920. The van der Waals surface area contributed by atoms with E-state index in [1.807, 2.05) is 99.6 Å². The number of nitrogens with one attached hydrogen (secondary N) is 1. The van der Waals surface area contributed by atoms with Gasteiger partial charge in [0, 0.05) is 18.8 Å². The minimum atomic E-state index is -3.80. The lowest BCUT2D eigenvalue weighted by Gasteiger charge is -2.32. The van der Waals surface area contributed by atoms with Crippen molar-refractivity contribution < 1.29 is 23.1 Å². The summed E-state index contributed by atoms with van der Waals surface area (Å²) in [6.45, 7) is 5.99. The van der Waals surface area contributed by atoms with Gasteiger partial charge in [-0.2, -0.15) is 0 Å². The number of aromatic nitrogens is 2. The molecule has 0 bridgehead atoms. The molecule has 45 heavy (non-hydrogen) atoms. The van der Waals surface area contributed by atoms with Gasteiger partial charge in [0.1, 0.15) is 5.76 Å². The number of H-pyrrole nitrogens is 1. The lowest BCUT2D eigenvalue weighted by molar-refractivity contribution is -0.148. The summed E-state index contributed by atoms with van der Waals surface area (Å²) in [6.07, 6.45) is 0.604. The van der Waals surface area contributed by atoms with Crippen molar-refractivity contribution in [2.45, 2.75) is 56.0 Å². The van der Waals surface area contributed by atoms with E-state index >= 15 is 0 Å². The van der Waals surface area contributed by atoms with Crippen LogP contribution in [0.1, 0.15) is 48.9 Å². The normalized spacial score (nSPS) is 15.8. The molecule has 0 saturated heterocycles. The molecule has 2 N–H and O–H groups in total. The van der Waals surface area contributed by atoms with Crippen LogP contribution in [-0.2, 0) is 38.0 Å². The second-order valence-electron chi connectivity index (χ2n) is 12.8. The highest BCUT2D eigenvalue weighted by Gasteiger charge is 2.52. The van der Waals surface area contributed by atoms with E-state index in [-0.39, 0.29) is 22.2 Å². The monoisotopic (exact) mass is 620 g/mol.